The molecule has 0 aromatic carbocycles. The van der Waals surface area contributed by atoms with E-state index in [1.165, 1.54) is 0 Å². The van der Waals surface area contributed by atoms with E-state index in [9.17, 15) is 4.79 Å². The standard InChI is InChI=1S/C11H16INO3/c1-7(2)5-9(11(14)15)13-6-8-3-4-10(12)16-8/h3-4,7,9,13H,5-6H2,1-2H3,(H,14,15). The Labute approximate surface area is 109 Å². The molecule has 0 saturated carbocycles. The zero-order valence-electron chi connectivity index (χ0n) is 9.37. The summed E-state index contributed by atoms with van der Waals surface area (Å²) in [6, 6.07) is 3.20. The highest BCUT2D eigenvalue weighted by Gasteiger charge is 2.18. The molecule has 1 rings (SSSR count). The average Bonchev–Trinajstić information content (AvgIpc) is 2.58. The first kappa shape index (κ1) is 13.5. The van der Waals surface area contributed by atoms with Crippen molar-refractivity contribution in [2.45, 2.75) is 32.9 Å². The Morgan fingerprint density at radius 1 is 1.56 bits per heavy atom. The van der Waals surface area contributed by atoms with Gasteiger partial charge in [0, 0.05) is 0 Å². The Morgan fingerprint density at radius 3 is 2.69 bits per heavy atom. The normalized spacial score (nSPS) is 13.0. The van der Waals surface area contributed by atoms with Gasteiger partial charge in [0.25, 0.3) is 0 Å². The summed E-state index contributed by atoms with van der Waals surface area (Å²) < 4.78 is 6.16. The van der Waals surface area contributed by atoms with Crippen LogP contribution in [0.4, 0.5) is 0 Å². The van der Waals surface area contributed by atoms with Crippen molar-refractivity contribution >= 4 is 28.6 Å². The van der Waals surface area contributed by atoms with E-state index in [0.717, 1.165) is 9.53 Å². The Balaban J connectivity index is 2.46. The molecule has 4 nitrogen and oxygen atoms in total. The van der Waals surface area contributed by atoms with Crippen molar-refractivity contribution in [3.05, 3.63) is 21.7 Å². The second-order valence-corrected chi connectivity index (χ2v) is 5.17. The Kier molecular flexibility index (Phi) is 5.27. The molecule has 1 heterocycles. The van der Waals surface area contributed by atoms with E-state index in [1.54, 1.807) is 0 Å². The largest absolute Gasteiger partial charge is 0.480 e. The average molecular weight is 337 g/mol. The van der Waals surface area contributed by atoms with Crippen molar-refractivity contribution in [3.8, 4) is 0 Å². The van der Waals surface area contributed by atoms with Crippen LogP contribution in [0.25, 0.3) is 0 Å². The summed E-state index contributed by atoms with van der Waals surface area (Å²) in [7, 11) is 0. The molecule has 0 amide bonds. The van der Waals surface area contributed by atoms with Gasteiger partial charge in [0.1, 0.15) is 11.8 Å². The van der Waals surface area contributed by atoms with Crippen LogP contribution in [0.5, 0.6) is 0 Å². The summed E-state index contributed by atoms with van der Waals surface area (Å²) in [5, 5.41) is 12.0. The van der Waals surface area contributed by atoms with Gasteiger partial charge in [-0.25, -0.2) is 0 Å². The van der Waals surface area contributed by atoms with Gasteiger partial charge in [-0.2, -0.15) is 0 Å². The number of halogens is 1. The predicted molar refractivity (Wildman–Crippen MR) is 69.1 cm³/mol. The number of hydrogen-bond donors (Lipinski definition) is 2. The van der Waals surface area contributed by atoms with Crippen molar-refractivity contribution in [2.75, 3.05) is 0 Å². The van der Waals surface area contributed by atoms with Crippen LogP contribution in [0, 0.1) is 9.68 Å². The number of furan rings is 1. The molecule has 1 unspecified atom stereocenters. The van der Waals surface area contributed by atoms with Crippen LogP contribution in [0.3, 0.4) is 0 Å². The summed E-state index contributed by atoms with van der Waals surface area (Å²) in [5.74, 6) is 0.305. The lowest BCUT2D eigenvalue weighted by atomic mass is 10.0. The molecular formula is C11H16INO3. The SMILES string of the molecule is CC(C)CC(NCc1ccc(I)o1)C(=O)O. The lowest BCUT2D eigenvalue weighted by molar-refractivity contribution is -0.140. The van der Waals surface area contributed by atoms with Crippen molar-refractivity contribution < 1.29 is 14.3 Å². The number of aliphatic carboxylic acids is 1. The van der Waals surface area contributed by atoms with E-state index >= 15 is 0 Å². The van der Waals surface area contributed by atoms with Crippen LogP contribution in [-0.2, 0) is 11.3 Å². The Hall–Kier alpha value is -0.560. The molecule has 5 heteroatoms. The lowest BCUT2D eigenvalue weighted by Crippen LogP contribution is -2.37. The smallest absolute Gasteiger partial charge is 0.320 e. The van der Waals surface area contributed by atoms with Crippen LogP contribution >= 0.6 is 22.6 Å². The molecule has 0 radical (unpaired) electrons. The van der Waals surface area contributed by atoms with Gasteiger partial charge in [-0.3, -0.25) is 10.1 Å². The van der Waals surface area contributed by atoms with Gasteiger partial charge in [-0.05, 0) is 47.1 Å². The summed E-state index contributed by atoms with van der Waals surface area (Å²) in [6.45, 7) is 4.47. The fourth-order valence-corrected chi connectivity index (χ4v) is 1.88. The predicted octanol–water partition coefficient (Wildman–Crippen LogP) is 2.47. The molecule has 0 bridgehead atoms. The maximum absolute atomic E-state index is 11.0. The highest BCUT2D eigenvalue weighted by molar-refractivity contribution is 14.1. The molecule has 90 valence electrons. The van der Waals surface area contributed by atoms with Gasteiger partial charge in [0.15, 0.2) is 3.77 Å². The number of carbonyl (C=O) groups is 1. The number of hydrogen-bond acceptors (Lipinski definition) is 3. The maximum atomic E-state index is 11.0. The quantitative estimate of drug-likeness (QED) is 0.783. The Bertz CT molecular complexity index is 349. The molecule has 0 spiro atoms. The van der Waals surface area contributed by atoms with E-state index in [2.05, 4.69) is 27.9 Å². The van der Waals surface area contributed by atoms with Gasteiger partial charge in [0.2, 0.25) is 0 Å². The van der Waals surface area contributed by atoms with Crippen molar-refractivity contribution in [1.82, 2.24) is 5.32 Å². The van der Waals surface area contributed by atoms with Gasteiger partial charge in [0.05, 0.1) is 6.54 Å². The zero-order valence-corrected chi connectivity index (χ0v) is 11.5. The number of nitrogens with one attached hydrogen (secondary N) is 1. The van der Waals surface area contributed by atoms with Crippen molar-refractivity contribution in [2.24, 2.45) is 5.92 Å². The fraction of sp³-hybridized carbons (Fsp3) is 0.545. The van der Waals surface area contributed by atoms with E-state index in [0.29, 0.717) is 18.9 Å². The number of carboxylic acids is 1. The first-order valence-electron chi connectivity index (χ1n) is 5.19. The first-order valence-corrected chi connectivity index (χ1v) is 6.27. The second kappa shape index (κ2) is 6.24. The Morgan fingerprint density at radius 2 is 2.25 bits per heavy atom. The maximum Gasteiger partial charge on any atom is 0.320 e. The minimum atomic E-state index is -0.810. The topological polar surface area (TPSA) is 62.5 Å². The minimum absolute atomic E-state index is 0.352. The van der Waals surface area contributed by atoms with Gasteiger partial charge in [-0.15, -0.1) is 0 Å². The molecule has 1 aromatic rings. The fourth-order valence-electron chi connectivity index (χ4n) is 1.41. The molecule has 2 N–H and O–H groups in total. The third-order valence-corrected chi connectivity index (χ3v) is 2.74. The van der Waals surface area contributed by atoms with E-state index in [1.807, 2.05) is 26.0 Å². The summed E-state index contributed by atoms with van der Waals surface area (Å²) in [4.78, 5) is 11.0. The van der Waals surface area contributed by atoms with E-state index in [4.69, 9.17) is 9.52 Å². The lowest BCUT2D eigenvalue weighted by Gasteiger charge is -2.15. The number of rotatable bonds is 6. The second-order valence-electron chi connectivity index (χ2n) is 4.11. The molecule has 1 atom stereocenters. The molecule has 0 aliphatic heterocycles. The molecular weight excluding hydrogens is 321 g/mol. The van der Waals surface area contributed by atoms with Crippen molar-refractivity contribution in [1.29, 1.82) is 0 Å². The third kappa shape index (κ3) is 4.52. The molecule has 0 saturated heterocycles. The molecule has 0 aliphatic carbocycles. The monoisotopic (exact) mass is 337 g/mol. The van der Waals surface area contributed by atoms with Gasteiger partial charge < -0.3 is 9.52 Å². The third-order valence-electron chi connectivity index (χ3n) is 2.16. The summed E-state index contributed by atoms with van der Waals surface area (Å²) >= 11 is 2.08. The number of carboxylic acid groups (broad SMARTS) is 1. The molecule has 16 heavy (non-hydrogen) atoms. The van der Waals surface area contributed by atoms with Crippen LogP contribution in [0.15, 0.2) is 16.5 Å². The van der Waals surface area contributed by atoms with Crippen LogP contribution in [-0.4, -0.2) is 17.1 Å². The summed E-state index contributed by atoms with van der Waals surface area (Å²) in [6.07, 6.45) is 0.618. The van der Waals surface area contributed by atoms with Gasteiger partial charge in [-0.1, -0.05) is 13.8 Å². The highest BCUT2D eigenvalue weighted by atomic mass is 127. The minimum Gasteiger partial charge on any atom is -0.480 e. The zero-order chi connectivity index (χ0) is 12.1. The van der Waals surface area contributed by atoms with Crippen LogP contribution < -0.4 is 5.32 Å². The van der Waals surface area contributed by atoms with Crippen LogP contribution in [0.1, 0.15) is 26.0 Å². The molecule has 0 aliphatic rings. The molecule has 1 aromatic heterocycles. The summed E-state index contributed by atoms with van der Waals surface area (Å²) in [5.41, 5.74) is 0. The molecule has 0 fully saturated rings. The first-order chi connectivity index (χ1) is 7.49. The van der Waals surface area contributed by atoms with Gasteiger partial charge >= 0.3 is 5.97 Å². The highest BCUT2D eigenvalue weighted by Crippen LogP contribution is 2.11. The van der Waals surface area contributed by atoms with Crippen molar-refractivity contribution in [3.63, 3.8) is 0 Å². The van der Waals surface area contributed by atoms with E-state index in [-0.39, 0.29) is 0 Å². The van der Waals surface area contributed by atoms with Crippen LogP contribution in [0.2, 0.25) is 0 Å². The van der Waals surface area contributed by atoms with E-state index < -0.39 is 12.0 Å².